The molecule has 7 heteroatoms. The topological polar surface area (TPSA) is 90.9 Å². The first-order chi connectivity index (χ1) is 12.7. The molecule has 2 aromatic heterocycles. The Morgan fingerprint density at radius 2 is 2.08 bits per heavy atom. The Hall–Kier alpha value is -3.09. The molecule has 1 saturated carbocycles. The second-order valence-electron chi connectivity index (χ2n) is 6.60. The van der Waals surface area contributed by atoms with E-state index in [0.29, 0.717) is 17.3 Å². The van der Waals surface area contributed by atoms with Gasteiger partial charge in [-0.25, -0.2) is 14.6 Å². The fourth-order valence-electron chi connectivity index (χ4n) is 3.58. The number of ether oxygens (including phenoxy) is 1. The number of aromatic nitrogens is 4. The quantitative estimate of drug-likeness (QED) is 0.710. The summed E-state index contributed by atoms with van der Waals surface area (Å²) in [5.74, 6) is 2.14. The number of nitrogens with two attached hydrogens (primary N) is 1. The normalized spacial score (nSPS) is 15.3. The summed E-state index contributed by atoms with van der Waals surface area (Å²) in [6.07, 6.45) is 8.43. The highest BCUT2D eigenvalue weighted by Gasteiger charge is 2.40. The van der Waals surface area contributed by atoms with Crippen LogP contribution < -0.4 is 15.8 Å². The lowest BCUT2D eigenvalue weighted by Crippen LogP contribution is -2.41. The van der Waals surface area contributed by atoms with Gasteiger partial charge in [0.15, 0.2) is 11.6 Å². The van der Waals surface area contributed by atoms with Crippen molar-refractivity contribution >= 4 is 11.5 Å². The van der Waals surface area contributed by atoms with Gasteiger partial charge >= 0.3 is 0 Å². The van der Waals surface area contributed by atoms with E-state index in [4.69, 9.17) is 10.5 Å². The Balaban J connectivity index is 1.59. The molecule has 0 radical (unpaired) electrons. The van der Waals surface area contributed by atoms with E-state index in [2.05, 4.69) is 32.5 Å². The molecule has 0 bridgehead atoms. The molecule has 7 nitrogen and oxygen atoms in total. The smallest absolute Gasteiger partial charge is 0.181 e. The van der Waals surface area contributed by atoms with Gasteiger partial charge in [-0.05, 0) is 25.0 Å². The third-order valence-corrected chi connectivity index (χ3v) is 5.17. The number of nitrogens with zero attached hydrogens (tertiary/aromatic N) is 4. The van der Waals surface area contributed by atoms with E-state index in [9.17, 15) is 0 Å². The summed E-state index contributed by atoms with van der Waals surface area (Å²) in [6.45, 7) is 0.743. The van der Waals surface area contributed by atoms with Crippen molar-refractivity contribution in [1.29, 1.82) is 0 Å². The van der Waals surface area contributed by atoms with Crippen molar-refractivity contribution in [3.05, 3.63) is 54.6 Å². The van der Waals surface area contributed by atoms with Crippen LogP contribution in [0.3, 0.4) is 0 Å². The highest BCUT2D eigenvalue weighted by atomic mass is 16.5. The number of rotatable bonds is 6. The lowest BCUT2D eigenvalue weighted by Gasteiger charge is -2.43. The lowest BCUT2D eigenvalue weighted by molar-refractivity contribution is 0.250. The molecule has 0 atom stereocenters. The molecule has 4 rings (SSSR count). The molecular formula is C19H22N6O. The van der Waals surface area contributed by atoms with Crippen LogP contribution in [-0.2, 0) is 5.41 Å². The van der Waals surface area contributed by atoms with Crippen LogP contribution in [0.2, 0.25) is 0 Å². The third kappa shape index (κ3) is 2.75. The van der Waals surface area contributed by atoms with Crippen molar-refractivity contribution in [2.75, 3.05) is 24.7 Å². The highest BCUT2D eigenvalue weighted by Crippen LogP contribution is 2.47. The molecule has 1 aliphatic rings. The van der Waals surface area contributed by atoms with Crippen LogP contribution in [0.1, 0.15) is 24.8 Å². The van der Waals surface area contributed by atoms with E-state index in [1.54, 1.807) is 18.0 Å². The zero-order chi connectivity index (χ0) is 18.0. The summed E-state index contributed by atoms with van der Waals surface area (Å²) in [5.41, 5.74) is 8.05. The number of para-hydroxylation sites is 1. The van der Waals surface area contributed by atoms with Gasteiger partial charge in [-0.15, -0.1) is 0 Å². The second kappa shape index (κ2) is 6.67. The van der Waals surface area contributed by atoms with Crippen LogP contribution in [0.4, 0.5) is 11.5 Å². The Morgan fingerprint density at radius 1 is 1.23 bits per heavy atom. The van der Waals surface area contributed by atoms with Crippen LogP contribution in [0.25, 0.3) is 5.82 Å². The fraction of sp³-hybridized carbons (Fsp3) is 0.316. The van der Waals surface area contributed by atoms with E-state index >= 15 is 0 Å². The van der Waals surface area contributed by atoms with Gasteiger partial charge in [-0.3, -0.25) is 0 Å². The first kappa shape index (κ1) is 16.4. The van der Waals surface area contributed by atoms with Gasteiger partial charge in [-0.1, -0.05) is 24.6 Å². The number of hydrogen-bond donors (Lipinski definition) is 2. The number of nitrogen functional groups attached to an aromatic ring is 1. The molecule has 0 aliphatic heterocycles. The molecule has 1 aromatic carbocycles. The Bertz CT molecular complexity index is 889. The fourth-order valence-corrected chi connectivity index (χ4v) is 3.58. The Labute approximate surface area is 152 Å². The van der Waals surface area contributed by atoms with E-state index in [1.165, 1.54) is 18.3 Å². The molecule has 3 N–H and O–H groups in total. The largest absolute Gasteiger partial charge is 0.496 e. The first-order valence-corrected chi connectivity index (χ1v) is 8.71. The van der Waals surface area contributed by atoms with Gasteiger partial charge < -0.3 is 15.8 Å². The van der Waals surface area contributed by atoms with E-state index in [0.717, 1.165) is 25.1 Å². The maximum atomic E-state index is 6.29. The van der Waals surface area contributed by atoms with Gasteiger partial charge in [0.2, 0.25) is 0 Å². The predicted octanol–water partition coefficient (Wildman–Crippen LogP) is 2.79. The van der Waals surface area contributed by atoms with Crippen molar-refractivity contribution < 1.29 is 4.74 Å². The third-order valence-electron chi connectivity index (χ3n) is 5.17. The predicted molar refractivity (Wildman–Crippen MR) is 101 cm³/mol. The summed E-state index contributed by atoms with van der Waals surface area (Å²) < 4.78 is 7.22. The number of benzene rings is 1. The monoisotopic (exact) mass is 350 g/mol. The average molecular weight is 350 g/mol. The van der Waals surface area contributed by atoms with Crippen molar-refractivity contribution in [2.45, 2.75) is 24.7 Å². The summed E-state index contributed by atoms with van der Waals surface area (Å²) >= 11 is 0. The summed E-state index contributed by atoms with van der Waals surface area (Å²) in [7, 11) is 1.72. The van der Waals surface area contributed by atoms with Gasteiger partial charge in [-0.2, -0.15) is 5.10 Å². The highest BCUT2D eigenvalue weighted by molar-refractivity contribution is 5.69. The van der Waals surface area contributed by atoms with Crippen LogP contribution in [0, 0.1) is 0 Å². The van der Waals surface area contributed by atoms with Crippen molar-refractivity contribution in [3.8, 4) is 11.6 Å². The zero-order valence-corrected chi connectivity index (χ0v) is 14.7. The van der Waals surface area contributed by atoms with Gasteiger partial charge in [0, 0.05) is 29.9 Å². The SMILES string of the molecule is COc1ccccc1C1(CNc2ncnc(-n3cccn3)c2N)CCC1. The maximum Gasteiger partial charge on any atom is 0.181 e. The van der Waals surface area contributed by atoms with Gasteiger partial charge in [0.05, 0.1) is 7.11 Å². The van der Waals surface area contributed by atoms with E-state index < -0.39 is 0 Å². The van der Waals surface area contributed by atoms with Crippen LogP contribution in [0.15, 0.2) is 49.1 Å². The van der Waals surface area contributed by atoms with Crippen LogP contribution in [-0.4, -0.2) is 33.4 Å². The first-order valence-electron chi connectivity index (χ1n) is 8.71. The molecule has 0 saturated heterocycles. The summed E-state index contributed by atoms with van der Waals surface area (Å²) in [5, 5.41) is 7.63. The van der Waals surface area contributed by atoms with Crippen molar-refractivity contribution in [2.24, 2.45) is 0 Å². The standard InChI is InChI=1S/C19H22N6O/c1-26-15-7-3-2-6-14(15)19(8-4-9-19)12-21-17-16(20)18(23-13-22-17)25-11-5-10-24-25/h2-3,5-7,10-11,13H,4,8-9,12,20H2,1H3,(H,21,22,23). The van der Waals surface area contributed by atoms with Gasteiger partial charge in [0.1, 0.15) is 17.8 Å². The molecule has 0 unspecified atom stereocenters. The maximum absolute atomic E-state index is 6.29. The Morgan fingerprint density at radius 3 is 2.77 bits per heavy atom. The van der Waals surface area contributed by atoms with Crippen LogP contribution >= 0.6 is 0 Å². The second-order valence-corrected chi connectivity index (χ2v) is 6.60. The summed E-state index contributed by atoms with van der Waals surface area (Å²) in [6, 6.07) is 10.1. The average Bonchev–Trinajstić information content (AvgIpc) is 3.17. The minimum atomic E-state index is 0.0376. The van der Waals surface area contributed by atoms with E-state index in [-0.39, 0.29) is 5.41 Å². The van der Waals surface area contributed by atoms with E-state index in [1.807, 2.05) is 24.4 Å². The molecule has 1 fully saturated rings. The molecule has 3 aromatic rings. The van der Waals surface area contributed by atoms with Crippen molar-refractivity contribution in [1.82, 2.24) is 19.7 Å². The molecule has 0 amide bonds. The number of methoxy groups -OCH3 is 1. The zero-order valence-electron chi connectivity index (χ0n) is 14.7. The number of anilines is 2. The molecule has 2 heterocycles. The number of nitrogens with one attached hydrogen (secondary N) is 1. The minimum Gasteiger partial charge on any atom is -0.496 e. The molecule has 0 spiro atoms. The summed E-state index contributed by atoms with van der Waals surface area (Å²) in [4.78, 5) is 8.58. The van der Waals surface area contributed by atoms with Crippen molar-refractivity contribution in [3.63, 3.8) is 0 Å². The van der Waals surface area contributed by atoms with Gasteiger partial charge in [0.25, 0.3) is 0 Å². The van der Waals surface area contributed by atoms with Crippen LogP contribution in [0.5, 0.6) is 5.75 Å². The molecule has 1 aliphatic carbocycles. The lowest BCUT2D eigenvalue weighted by atomic mass is 9.64. The molecule has 134 valence electrons. The Kier molecular flexibility index (Phi) is 4.20. The minimum absolute atomic E-state index is 0.0376. The molecule has 26 heavy (non-hydrogen) atoms. The molecular weight excluding hydrogens is 328 g/mol. The number of hydrogen-bond acceptors (Lipinski definition) is 6.